The molecule has 0 saturated carbocycles. The van der Waals surface area contributed by atoms with Gasteiger partial charge in [0.05, 0.1) is 25.6 Å². The van der Waals surface area contributed by atoms with Crippen molar-refractivity contribution in [2.75, 3.05) is 26.5 Å². The minimum atomic E-state index is -3.33. The topological polar surface area (TPSA) is 64.4 Å². The van der Waals surface area contributed by atoms with Gasteiger partial charge in [-0.05, 0) is 59.2 Å². The number of ether oxygens (including phenoxy) is 3. The number of aliphatic imine (C=N–C) groups is 2. The number of alkyl halides is 2. The van der Waals surface area contributed by atoms with Crippen molar-refractivity contribution >= 4 is 29.2 Å². The quantitative estimate of drug-likeness (QED) is 0.118. The number of nitrogens with one attached hydrogen (secondary N) is 1. The molecule has 2 aliphatic rings. The van der Waals surface area contributed by atoms with E-state index in [0.717, 1.165) is 38.4 Å². The summed E-state index contributed by atoms with van der Waals surface area (Å²) < 4.78 is 51.2. The molecule has 2 heterocycles. The van der Waals surface area contributed by atoms with Gasteiger partial charge >= 0.3 is 5.92 Å². The van der Waals surface area contributed by atoms with Crippen LogP contribution in [0.25, 0.3) is 0 Å². The average Bonchev–Trinajstić information content (AvgIpc) is 3.24. The second-order valence-electron chi connectivity index (χ2n) is 13.4. The number of hydrogen-bond acceptors (Lipinski definition) is 7. The van der Waals surface area contributed by atoms with E-state index < -0.39 is 23.6 Å². The van der Waals surface area contributed by atoms with Crippen molar-refractivity contribution in [3.05, 3.63) is 191 Å². The van der Waals surface area contributed by atoms with Gasteiger partial charge in [0.2, 0.25) is 5.60 Å². The molecule has 0 radical (unpaired) electrons. The van der Waals surface area contributed by atoms with Gasteiger partial charge < -0.3 is 19.5 Å². The molecule has 0 aliphatic carbocycles. The number of benzene rings is 6. The molecule has 1 atom stereocenters. The van der Waals surface area contributed by atoms with Crippen LogP contribution in [0.5, 0.6) is 11.5 Å². The number of hydrogen-bond donors (Lipinski definition) is 1. The average molecular weight is 752 g/mol. The van der Waals surface area contributed by atoms with E-state index in [2.05, 4.69) is 10.3 Å². The summed E-state index contributed by atoms with van der Waals surface area (Å²) in [5.41, 5.74) is 2.90. The second-order valence-corrected chi connectivity index (χ2v) is 14.6. The minimum Gasteiger partial charge on any atom is -0.497 e. The van der Waals surface area contributed by atoms with E-state index in [-0.39, 0.29) is 12.4 Å². The van der Waals surface area contributed by atoms with Gasteiger partial charge in [0.25, 0.3) is 6.02 Å². The van der Waals surface area contributed by atoms with Gasteiger partial charge in [0, 0.05) is 33.8 Å². The van der Waals surface area contributed by atoms with E-state index in [1.807, 2.05) is 152 Å². The van der Waals surface area contributed by atoms with Gasteiger partial charge in [-0.3, -0.25) is 0 Å². The fourth-order valence-electron chi connectivity index (χ4n) is 7.45. The maximum absolute atomic E-state index is 16.8. The van der Waals surface area contributed by atoms with Crippen LogP contribution in [0.2, 0.25) is 0 Å². The van der Waals surface area contributed by atoms with Crippen molar-refractivity contribution in [2.45, 2.75) is 28.4 Å². The molecule has 0 amide bonds. The first-order valence-electron chi connectivity index (χ1n) is 18.1. The van der Waals surface area contributed by atoms with Gasteiger partial charge in [-0.25, -0.2) is 9.98 Å². The van der Waals surface area contributed by atoms with E-state index >= 15 is 8.78 Å². The molecule has 6 nitrogen and oxygen atoms in total. The smallest absolute Gasteiger partial charge is 0.310 e. The number of nitrogens with zero attached hydrogens (tertiary/aromatic N) is 2. The Labute approximate surface area is 323 Å². The number of thioether (sulfide) groups is 1. The van der Waals surface area contributed by atoms with Crippen molar-refractivity contribution in [1.29, 1.82) is 0 Å². The fourth-order valence-corrected chi connectivity index (χ4v) is 8.61. The highest BCUT2D eigenvalue weighted by molar-refractivity contribution is 7.99. The fraction of sp³-hybridized carbons (Fsp3) is 0.174. The Morgan fingerprint density at radius 2 is 1.24 bits per heavy atom. The molecule has 0 saturated heterocycles. The first-order valence-corrected chi connectivity index (χ1v) is 19.0. The molecule has 276 valence electrons. The molecule has 0 aromatic heterocycles. The zero-order valence-corrected chi connectivity index (χ0v) is 31.2. The Kier molecular flexibility index (Phi) is 9.88. The lowest BCUT2D eigenvalue weighted by atomic mass is 9.77. The molecule has 9 heteroatoms. The summed E-state index contributed by atoms with van der Waals surface area (Å²) in [4.78, 5) is 10.3. The van der Waals surface area contributed by atoms with Gasteiger partial charge in [0.15, 0.2) is 0 Å². The lowest BCUT2D eigenvalue weighted by molar-refractivity contribution is -0.186. The number of halogens is 2. The maximum Gasteiger partial charge on any atom is 0.310 e. The first kappa shape index (κ1) is 36.1. The Balaban J connectivity index is 1.25. The molecule has 55 heavy (non-hydrogen) atoms. The first-order chi connectivity index (χ1) is 26.8. The van der Waals surface area contributed by atoms with Gasteiger partial charge in [-0.15, -0.1) is 11.8 Å². The van der Waals surface area contributed by atoms with Crippen molar-refractivity contribution in [1.82, 2.24) is 5.32 Å². The summed E-state index contributed by atoms with van der Waals surface area (Å²) in [6.45, 7) is -0.762. The molecule has 0 bridgehead atoms. The summed E-state index contributed by atoms with van der Waals surface area (Å²) in [5, 5.41) is 3.60. The molecular weight excluding hydrogens is 713 g/mol. The molecule has 0 unspecified atom stereocenters. The van der Waals surface area contributed by atoms with Crippen LogP contribution in [-0.4, -0.2) is 44.2 Å². The van der Waals surface area contributed by atoms with Crippen LogP contribution in [0.1, 0.15) is 39.8 Å². The highest BCUT2D eigenvalue weighted by Crippen LogP contribution is 2.54. The summed E-state index contributed by atoms with van der Waals surface area (Å²) in [6.07, 6.45) is 0.0686. The third-order valence-electron chi connectivity index (χ3n) is 10.3. The normalized spacial score (nSPS) is 17.3. The summed E-state index contributed by atoms with van der Waals surface area (Å²) >= 11 is 1.54. The Morgan fingerprint density at radius 1 is 0.709 bits per heavy atom. The molecule has 1 spiro atoms. The van der Waals surface area contributed by atoms with Crippen molar-refractivity contribution in [3.63, 3.8) is 0 Å². The summed E-state index contributed by atoms with van der Waals surface area (Å²) in [7, 11) is 3.24. The van der Waals surface area contributed by atoms with E-state index in [0.29, 0.717) is 28.5 Å². The lowest BCUT2D eigenvalue weighted by Gasteiger charge is -2.47. The van der Waals surface area contributed by atoms with Crippen molar-refractivity contribution in [2.24, 2.45) is 9.98 Å². The largest absolute Gasteiger partial charge is 0.497 e. The van der Waals surface area contributed by atoms with Crippen LogP contribution < -0.4 is 14.8 Å². The molecule has 0 fully saturated rings. The van der Waals surface area contributed by atoms with Crippen LogP contribution in [0.4, 0.5) is 14.5 Å². The SMILES string of the molecule is COc1ccc(C(NC2=NCC(F)(F)[C@]3(CCSc4ccc(N=C(c5ccccc5)c5ccccc5)cc43)O2)(c2ccccc2)c2ccc(OC)cc2)cc1. The lowest BCUT2D eigenvalue weighted by Crippen LogP contribution is -2.59. The number of methoxy groups -OCH3 is 2. The Hall–Kier alpha value is -5.93. The third-order valence-corrected chi connectivity index (χ3v) is 11.4. The van der Waals surface area contributed by atoms with E-state index in [9.17, 15) is 0 Å². The predicted octanol–water partition coefficient (Wildman–Crippen LogP) is 10.2. The predicted molar refractivity (Wildman–Crippen MR) is 215 cm³/mol. The zero-order chi connectivity index (χ0) is 37.9. The summed E-state index contributed by atoms with van der Waals surface area (Å²) in [5.74, 6) is -1.52. The van der Waals surface area contributed by atoms with Crippen LogP contribution in [-0.2, 0) is 15.9 Å². The maximum atomic E-state index is 16.8. The highest BCUT2D eigenvalue weighted by Gasteiger charge is 2.62. The molecule has 2 aliphatic heterocycles. The van der Waals surface area contributed by atoms with E-state index in [4.69, 9.17) is 19.2 Å². The Bertz CT molecular complexity index is 2230. The molecule has 6 aromatic rings. The van der Waals surface area contributed by atoms with Crippen molar-refractivity contribution < 1.29 is 23.0 Å². The van der Waals surface area contributed by atoms with Crippen LogP contribution in [0, 0.1) is 0 Å². The minimum absolute atomic E-state index is 0.0161. The van der Waals surface area contributed by atoms with Gasteiger partial charge in [-0.1, -0.05) is 115 Å². The van der Waals surface area contributed by atoms with Crippen LogP contribution in [0.15, 0.2) is 173 Å². The van der Waals surface area contributed by atoms with Gasteiger partial charge in [-0.2, -0.15) is 8.78 Å². The van der Waals surface area contributed by atoms with Crippen LogP contribution in [0.3, 0.4) is 0 Å². The Morgan fingerprint density at radius 3 is 1.78 bits per heavy atom. The van der Waals surface area contributed by atoms with E-state index in [1.54, 1.807) is 32.0 Å². The molecule has 8 rings (SSSR count). The molecule has 1 N–H and O–H groups in total. The number of fused-ring (bicyclic) bond motifs is 2. The number of rotatable bonds is 9. The van der Waals surface area contributed by atoms with Crippen LogP contribution >= 0.6 is 11.8 Å². The molecular formula is C46H39F2N3O3S. The highest BCUT2D eigenvalue weighted by atomic mass is 32.2. The second kappa shape index (κ2) is 15.1. The standard InChI is InChI=1S/C46H39F2N3O3S/c1-52-38-23-18-35(19-24-38)46(34-16-10-5-11-17-34,36-20-25-39(53-2)26-21-36)51-43-49-31-45(47,48)44(54-43)28-29-55-41-27-22-37(30-40(41)44)50-42(32-12-6-3-7-13-32)33-14-8-4-9-15-33/h3-27,30H,28-29,31H2,1-2H3,(H,49,51)/t44-/m1/s1. The summed E-state index contributed by atoms with van der Waals surface area (Å²) in [6, 6.07) is 50.5. The zero-order valence-electron chi connectivity index (χ0n) is 30.4. The van der Waals surface area contributed by atoms with E-state index in [1.165, 1.54) is 0 Å². The van der Waals surface area contributed by atoms with Crippen molar-refractivity contribution in [3.8, 4) is 11.5 Å². The number of amidine groups is 1. The molecule has 6 aromatic carbocycles. The van der Waals surface area contributed by atoms with Gasteiger partial charge in [0.1, 0.15) is 23.6 Å². The third kappa shape index (κ3) is 6.74. The monoisotopic (exact) mass is 751 g/mol.